The van der Waals surface area contributed by atoms with E-state index in [1.165, 1.54) is 0 Å². The zero-order valence-corrected chi connectivity index (χ0v) is 14.6. The van der Waals surface area contributed by atoms with Crippen molar-refractivity contribution in [1.82, 2.24) is 4.90 Å². The molecule has 26 heavy (non-hydrogen) atoms. The largest absolute Gasteiger partial charge is 0.461 e. The summed E-state index contributed by atoms with van der Waals surface area (Å²) in [6.45, 7) is 1.57. The summed E-state index contributed by atoms with van der Waals surface area (Å²) in [7, 11) is 0. The first kappa shape index (κ1) is 16.8. The minimum Gasteiger partial charge on any atom is -0.461 e. The number of fused-ring (bicyclic) bond motifs is 1. The monoisotopic (exact) mass is 348 g/mol. The average Bonchev–Trinajstić information content (AvgIpc) is 3.31. The Labute approximate surface area is 152 Å². The second-order valence-corrected chi connectivity index (χ2v) is 6.89. The van der Waals surface area contributed by atoms with E-state index in [1.54, 1.807) is 0 Å². The number of benzene rings is 2. The van der Waals surface area contributed by atoms with Crippen LogP contribution in [-0.4, -0.2) is 30.7 Å². The molecule has 0 aliphatic carbocycles. The predicted octanol–water partition coefficient (Wildman–Crippen LogP) is 4.95. The van der Waals surface area contributed by atoms with Crippen LogP contribution in [0.1, 0.15) is 24.2 Å². The molecule has 0 spiro atoms. The van der Waals surface area contributed by atoms with Gasteiger partial charge < -0.3 is 4.42 Å². The molecule has 4 heteroatoms. The third-order valence-corrected chi connectivity index (χ3v) is 5.24. The molecule has 1 saturated heterocycles. The van der Waals surface area contributed by atoms with Crippen molar-refractivity contribution in [2.24, 2.45) is 0 Å². The van der Waals surface area contributed by atoms with Crippen LogP contribution in [0.5, 0.6) is 0 Å². The zero-order valence-electron chi connectivity index (χ0n) is 14.6. The van der Waals surface area contributed by atoms with Crippen LogP contribution in [0, 0.1) is 11.3 Å². The first-order valence-electron chi connectivity index (χ1n) is 9.10. The van der Waals surface area contributed by atoms with Gasteiger partial charge in [0.25, 0.3) is 0 Å². The highest BCUT2D eigenvalue weighted by Crippen LogP contribution is 2.27. The predicted molar refractivity (Wildman–Crippen MR) is 101 cm³/mol. The molecule has 1 aliphatic heterocycles. The van der Waals surface area contributed by atoms with Gasteiger partial charge in [-0.1, -0.05) is 18.2 Å². The Morgan fingerprint density at radius 3 is 2.69 bits per heavy atom. The van der Waals surface area contributed by atoms with Gasteiger partial charge in [-0.3, -0.25) is 4.90 Å². The Morgan fingerprint density at radius 1 is 1.12 bits per heavy atom. The summed E-state index contributed by atoms with van der Waals surface area (Å²) < 4.78 is 19.0. The molecular formula is C22H21FN2O. The van der Waals surface area contributed by atoms with Gasteiger partial charge in [0, 0.05) is 24.4 Å². The molecule has 0 N–H and O–H groups in total. The van der Waals surface area contributed by atoms with Crippen molar-refractivity contribution in [3.8, 4) is 17.2 Å². The van der Waals surface area contributed by atoms with Gasteiger partial charge in [-0.15, -0.1) is 0 Å². The quantitative estimate of drug-likeness (QED) is 0.655. The number of halogens is 1. The smallest absolute Gasteiger partial charge is 0.134 e. The van der Waals surface area contributed by atoms with E-state index in [1.807, 2.05) is 36.4 Å². The Kier molecular flexibility index (Phi) is 4.73. The summed E-state index contributed by atoms with van der Waals surface area (Å²) in [5.41, 5.74) is 3.72. The van der Waals surface area contributed by atoms with Crippen LogP contribution >= 0.6 is 0 Å². The molecule has 0 saturated carbocycles. The molecule has 1 atom stereocenters. The third-order valence-electron chi connectivity index (χ3n) is 5.24. The molecule has 1 fully saturated rings. The number of rotatable bonds is 5. The molecule has 0 bridgehead atoms. The third kappa shape index (κ3) is 3.36. The van der Waals surface area contributed by atoms with Crippen molar-refractivity contribution in [1.29, 1.82) is 5.26 Å². The van der Waals surface area contributed by atoms with Crippen LogP contribution in [0.2, 0.25) is 0 Å². The van der Waals surface area contributed by atoms with E-state index in [9.17, 15) is 4.39 Å². The highest BCUT2D eigenvalue weighted by Gasteiger charge is 2.24. The highest BCUT2D eigenvalue weighted by molar-refractivity contribution is 5.84. The summed E-state index contributed by atoms with van der Waals surface area (Å²) in [6.07, 6.45) is 2.85. The SMILES string of the molecule is N#Cc1ccc(-c2ccc3oc(CCN4CCCC4CF)cc3c2)cc1. The van der Waals surface area contributed by atoms with Crippen molar-refractivity contribution in [3.05, 3.63) is 59.9 Å². The Morgan fingerprint density at radius 2 is 1.92 bits per heavy atom. The molecule has 132 valence electrons. The Balaban J connectivity index is 1.51. The number of hydrogen-bond acceptors (Lipinski definition) is 3. The summed E-state index contributed by atoms with van der Waals surface area (Å²) in [6, 6.07) is 18.0. The van der Waals surface area contributed by atoms with E-state index < -0.39 is 0 Å². The van der Waals surface area contributed by atoms with Crippen molar-refractivity contribution in [2.75, 3.05) is 19.8 Å². The van der Waals surface area contributed by atoms with Gasteiger partial charge in [-0.25, -0.2) is 4.39 Å². The maximum Gasteiger partial charge on any atom is 0.134 e. The van der Waals surface area contributed by atoms with Crippen molar-refractivity contribution < 1.29 is 8.81 Å². The molecular weight excluding hydrogens is 327 g/mol. The van der Waals surface area contributed by atoms with Crippen LogP contribution in [0.15, 0.2) is 52.9 Å². The molecule has 3 nitrogen and oxygen atoms in total. The lowest BCUT2D eigenvalue weighted by atomic mass is 10.0. The van der Waals surface area contributed by atoms with E-state index in [-0.39, 0.29) is 12.7 Å². The van der Waals surface area contributed by atoms with Gasteiger partial charge >= 0.3 is 0 Å². The van der Waals surface area contributed by atoms with Crippen molar-refractivity contribution in [2.45, 2.75) is 25.3 Å². The van der Waals surface area contributed by atoms with E-state index in [0.717, 1.165) is 60.2 Å². The van der Waals surface area contributed by atoms with Gasteiger partial charge in [0.1, 0.15) is 18.0 Å². The number of nitrogens with zero attached hydrogens (tertiary/aromatic N) is 2. The molecule has 2 aromatic carbocycles. The van der Waals surface area contributed by atoms with E-state index >= 15 is 0 Å². The normalized spacial score (nSPS) is 17.6. The minimum atomic E-state index is -0.256. The number of furan rings is 1. The highest BCUT2D eigenvalue weighted by atomic mass is 19.1. The van der Waals surface area contributed by atoms with Gasteiger partial charge in [0.2, 0.25) is 0 Å². The van der Waals surface area contributed by atoms with Crippen LogP contribution in [0.3, 0.4) is 0 Å². The molecule has 1 aromatic heterocycles. The van der Waals surface area contributed by atoms with E-state index in [0.29, 0.717) is 5.56 Å². The maximum absolute atomic E-state index is 13.0. The molecule has 1 unspecified atom stereocenters. The number of likely N-dealkylation sites (tertiary alicyclic amines) is 1. The lowest BCUT2D eigenvalue weighted by molar-refractivity contribution is 0.214. The lowest BCUT2D eigenvalue weighted by Crippen LogP contribution is -2.32. The van der Waals surface area contributed by atoms with Gasteiger partial charge in [-0.05, 0) is 60.8 Å². The summed E-state index contributed by atoms with van der Waals surface area (Å²) in [5.74, 6) is 0.946. The molecule has 1 aliphatic rings. The topological polar surface area (TPSA) is 40.2 Å². The average molecular weight is 348 g/mol. The number of hydrogen-bond donors (Lipinski definition) is 0. The zero-order chi connectivity index (χ0) is 17.9. The Bertz CT molecular complexity index is 939. The molecule has 2 heterocycles. The van der Waals surface area contributed by atoms with E-state index in [4.69, 9.17) is 9.68 Å². The second-order valence-electron chi connectivity index (χ2n) is 6.89. The number of nitriles is 1. The van der Waals surface area contributed by atoms with Crippen molar-refractivity contribution >= 4 is 11.0 Å². The summed E-state index contributed by atoms with van der Waals surface area (Å²) in [4.78, 5) is 2.23. The molecule has 0 amide bonds. The van der Waals surface area contributed by atoms with Crippen LogP contribution < -0.4 is 0 Å². The fourth-order valence-corrected chi connectivity index (χ4v) is 3.76. The van der Waals surface area contributed by atoms with Crippen molar-refractivity contribution in [3.63, 3.8) is 0 Å². The first-order valence-corrected chi connectivity index (χ1v) is 9.10. The maximum atomic E-state index is 13.0. The number of alkyl halides is 1. The fraction of sp³-hybridized carbons (Fsp3) is 0.318. The molecule has 4 rings (SSSR count). The fourth-order valence-electron chi connectivity index (χ4n) is 3.76. The summed E-state index contributed by atoms with van der Waals surface area (Å²) in [5, 5.41) is 9.99. The van der Waals surface area contributed by atoms with Crippen LogP contribution in [0.25, 0.3) is 22.1 Å². The second kappa shape index (κ2) is 7.31. The standard InChI is InChI=1S/C22H21FN2O/c23-14-20-2-1-10-25(20)11-9-21-13-19-12-18(7-8-22(19)26-21)17-5-3-16(15-24)4-6-17/h3-8,12-13,20H,1-2,9-11,14H2. The van der Waals surface area contributed by atoms with Gasteiger partial charge in [0.05, 0.1) is 11.6 Å². The van der Waals surface area contributed by atoms with E-state index in [2.05, 4.69) is 23.1 Å². The first-order chi connectivity index (χ1) is 12.8. The van der Waals surface area contributed by atoms with Crippen LogP contribution in [-0.2, 0) is 6.42 Å². The van der Waals surface area contributed by atoms with Gasteiger partial charge in [-0.2, -0.15) is 5.26 Å². The Hall–Kier alpha value is -2.64. The van der Waals surface area contributed by atoms with Crippen LogP contribution in [0.4, 0.5) is 4.39 Å². The molecule has 0 radical (unpaired) electrons. The summed E-state index contributed by atoms with van der Waals surface area (Å²) >= 11 is 0. The van der Waals surface area contributed by atoms with Gasteiger partial charge in [0.15, 0.2) is 0 Å². The minimum absolute atomic E-state index is 0.0855. The lowest BCUT2D eigenvalue weighted by Gasteiger charge is -2.20. The molecule has 3 aromatic rings.